The fourth-order valence-corrected chi connectivity index (χ4v) is 2.75. The predicted octanol–water partition coefficient (Wildman–Crippen LogP) is 4.32. The Kier molecular flexibility index (Phi) is 8.63. The van der Waals surface area contributed by atoms with Gasteiger partial charge in [-0.1, -0.05) is 41.4 Å². The topological polar surface area (TPSA) is 54.0 Å². The largest absolute Gasteiger partial charge is 0.308 e. The van der Waals surface area contributed by atoms with Crippen LogP contribution in [0.5, 0.6) is 0 Å². The summed E-state index contributed by atoms with van der Waals surface area (Å²) in [5.74, 6) is -0.0530. The molecule has 0 atom stereocenters. The van der Waals surface area contributed by atoms with Gasteiger partial charge in [0.15, 0.2) is 5.13 Å². The lowest BCUT2D eigenvalue weighted by molar-refractivity contribution is -0.115. The van der Waals surface area contributed by atoms with Crippen molar-refractivity contribution in [1.29, 1.82) is 0 Å². The fourth-order valence-electron chi connectivity index (χ4n) is 1.75. The van der Waals surface area contributed by atoms with Crippen molar-refractivity contribution in [3.63, 3.8) is 0 Å². The summed E-state index contributed by atoms with van der Waals surface area (Å²) in [6.07, 6.45) is 2.20. The SMILES string of the molecule is CCCCNCC(=O)Nc1nc(-c2ccc(Br)cc2)cs1.Cl. The number of carbonyl (C=O) groups is 1. The Morgan fingerprint density at radius 2 is 2.05 bits per heavy atom. The molecule has 0 aliphatic carbocycles. The minimum Gasteiger partial charge on any atom is -0.308 e. The van der Waals surface area contributed by atoms with Gasteiger partial charge in [0, 0.05) is 15.4 Å². The van der Waals surface area contributed by atoms with Gasteiger partial charge < -0.3 is 10.6 Å². The molecule has 1 aromatic carbocycles. The van der Waals surface area contributed by atoms with Crippen LogP contribution in [0, 0.1) is 0 Å². The van der Waals surface area contributed by atoms with Crippen molar-refractivity contribution in [1.82, 2.24) is 10.3 Å². The van der Waals surface area contributed by atoms with E-state index in [4.69, 9.17) is 0 Å². The summed E-state index contributed by atoms with van der Waals surface area (Å²) >= 11 is 4.85. The van der Waals surface area contributed by atoms with Crippen LogP contribution in [0.1, 0.15) is 19.8 Å². The summed E-state index contributed by atoms with van der Waals surface area (Å²) in [6, 6.07) is 7.95. The molecule has 0 bridgehead atoms. The summed E-state index contributed by atoms with van der Waals surface area (Å²) in [6.45, 7) is 3.32. The highest BCUT2D eigenvalue weighted by atomic mass is 79.9. The van der Waals surface area contributed by atoms with E-state index in [-0.39, 0.29) is 18.3 Å². The number of unbranched alkanes of at least 4 members (excludes halogenated alkanes) is 1. The van der Waals surface area contributed by atoms with Crippen LogP contribution in [0.3, 0.4) is 0 Å². The van der Waals surface area contributed by atoms with Crippen molar-refractivity contribution in [3.05, 3.63) is 34.1 Å². The molecule has 7 heteroatoms. The highest BCUT2D eigenvalue weighted by Crippen LogP contribution is 2.25. The zero-order chi connectivity index (χ0) is 15.1. The quantitative estimate of drug-likeness (QED) is 0.676. The zero-order valence-corrected chi connectivity index (χ0v) is 15.5. The summed E-state index contributed by atoms with van der Waals surface area (Å²) in [5.41, 5.74) is 1.91. The van der Waals surface area contributed by atoms with Gasteiger partial charge in [-0.15, -0.1) is 23.7 Å². The molecule has 0 aliphatic rings. The molecule has 0 radical (unpaired) electrons. The van der Waals surface area contributed by atoms with Crippen molar-refractivity contribution in [3.8, 4) is 11.3 Å². The molecular formula is C15H19BrClN3OS. The molecule has 120 valence electrons. The third-order valence-corrected chi connectivity index (χ3v) is 4.17. The molecule has 2 rings (SSSR count). The van der Waals surface area contributed by atoms with Gasteiger partial charge in [-0.3, -0.25) is 4.79 Å². The van der Waals surface area contributed by atoms with Crippen LogP contribution < -0.4 is 10.6 Å². The molecule has 0 saturated carbocycles. The molecule has 0 saturated heterocycles. The first-order chi connectivity index (χ1) is 10.2. The predicted molar refractivity (Wildman–Crippen MR) is 98.9 cm³/mol. The average Bonchev–Trinajstić information content (AvgIpc) is 2.93. The molecule has 1 amide bonds. The van der Waals surface area contributed by atoms with Crippen LogP contribution in [0.4, 0.5) is 5.13 Å². The van der Waals surface area contributed by atoms with E-state index in [1.165, 1.54) is 11.3 Å². The van der Waals surface area contributed by atoms with Gasteiger partial charge in [-0.25, -0.2) is 4.98 Å². The van der Waals surface area contributed by atoms with E-state index in [1.54, 1.807) is 0 Å². The van der Waals surface area contributed by atoms with Gasteiger partial charge in [0.1, 0.15) is 0 Å². The first-order valence-electron chi connectivity index (χ1n) is 6.91. The minimum absolute atomic E-state index is 0. The lowest BCUT2D eigenvalue weighted by Gasteiger charge is -2.03. The molecule has 2 N–H and O–H groups in total. The van der Waals surface area contributed by atoms with E-state index in [0.29, 0.717) is 11.7 Å². The maximum Gasteiger partial charge on any atom is 0.240 e. The summed E-state index contributed by atoms with van der Waals surface area (Å²) in [5, 5.41) is 8.51. The van der Waals surface area contributed by atoms with Crippen LogP contribution >= 0.6 is 39.7 Å². The number of amides is 1. The Labute approximate surface area is 149 Å². The first-order valence-corrected chi connectivity index (χ1v) is 8.58. The number of rotatable bonds is 7. The third-order valence-electron chi connectivity index (χ3n) is 2.88. The molecule has 2 aromatic rings. The van der Waals surface area contributed by atoms with E-state index in [1.807, 2.05) is 29.6 Å². The average molecular weight is 405 g/mol. The zero-order valence-electron chi connectivity index (χ0n) is 12.3. The molecule has 0 aliphatic heterocycles. The van der Waals surface area contributed by atoms with Crippen molar-refractivity contribution in [2.24, 2.45) is 0 Å². The summed E-state index contributed by atoms with van der Waals surface area (Å²) in [4.78, 5) is 16.2. The Bertz CT molecular complexity index is 589. The monoisotopic (exact) mass is 403 g/mol. The van der Waals surface area contributed by atoms with Gasteiger partial charge in [-0.2, -0.15) is 0 Å². The number of carbonyl (C=O) groups excluding carboxylic acids is 1. The van der Waals surface area contributed by atoms with Gasteiger partial charge in [0.2, 0.25) is 5.91 Å². The number of nitrogens with one attached hydrogen (secondary N) is 2. The van der Waals surface area contributed by atoms with Crippen molar-refractivity contribution in [2.75, 3.05) is 18.4 Å². The summed E-state index contributed by atoms with van der Waals surface area (Å²) < 4.78 is 1.04. The smallest absolute Gasteiger partial charge is 0.240 e. The molecule has 0 fully saturated rings. The Balaban J connectivity index is 0.00000242. The van der Waals surface area contributed by atoms with E-state index in [2.05, 4.69) is 38.5 Å². The molecule has 1 aromatic heterocycles. The number of anilines is 1. The van der Waals surface area contributed by atoms with Crippen LogP contribution in [-0.4, -0.2) is 24.0 Å². The maximum atomic E-state index is 11.8. The number of aromatic nitrogens is 1. The van der Waals surface area contributed by atoms with Gasteiger partial charge in [0.25, 0.3) is 0 Å². The van der Waals surface area contributed by atoms with Crippen LogP contribution in [0.2, 0.25) is 0 Å². The van der Waals surface area contributed by atoms with Crippen LogP contribution in [-0.2, 0) is 4.79 Å². The van der Waals surface area contributed by atoms with Crippen molar-refractivity contribution >= 4 is 50.7 Å². The number of thiazole rings is 1. The van der Waals surface area contributed by atoms with Gasteiger partial charge in [0.05, 0.1) is 12.2 Å². The highest BCUT2D eigenvalue weighted by Gasteiger charge is 2.07. The fraction of sp³-hybridized carbons (Fsp3) is 0.333. The van der Waals surface area contributed by atoms with Crippen LogP contribution in [0.25, 0.3) is 11.3 Å². The third kappa shape index (κ3) is 6.04. The molecule has 1 heterocycles. The Morgan fingerprint density at radius 1 is 1.32 bits per heavy atom. The Morgan fingerprint density at radius 3 is 2.73 bits per heavy atom. The lowest BCUT2D eigenvalue weighted by atomic mass is 10.2. The standard InChI is InChI=1S/C15H18BrN3OS.ClH/c1-2-3-8-17-9-14(20)19-15-18-13(10-21-15)11-4-6-12(16)7-5-11;/h4-7,10,17H,2-3,8-9H2,1H3,(H,18,19,20);1H. The van der Waals surface area contributed by atoms with Gasteiger partial charge in [-0.05, 0) is 25.1 Å². The normalized spacial score (nSPS) is 10.1. The Hall–Kier alpha value is -0.950. The van der Waals surface area contributed by atoms with E-state index < -0.39 is 0 Å². The highest BCUT2D eigenvalue weighted by molar-refractivity contribution is 9.10. The van der Waals surface area contributed by atoms with Crippen molar-refractivity contribution in [2.45, 2.75) is 19.8 Å². The van der Waals surface area contributed by atoms with Gasteiger partial charge >= 0.3 is 0 Å². The number of hydrogen-bond acceptors (Lipinski definition) is 4. The van der Waals surface area contributed by atoms with E-state index in [0.717, 1.165) is 35.1 Å². The van der Waals surface area contributed by atoms with E-state index in [9.17, 15) is 4.79 Å². The van der Waals surface area contributed by atoms with Crippen LogP contribution in [0.15, 0.2) is 34.1 Å². The molecule has 4 nitrogen and oxygen atoms in total. The number of benzene rings is 1. The number of hydrogen-bond donors (Lipinski definition) is 2. The minimum atomic E-state index is -0.0530. The van der Waals surface area contributed by atoms with E-state index >= 15 is 0 Å². The lowest BCUT2D eigenvalue weighted by Crippen LogP contribution is -2.28. The second kappa shape index (κ2) is 9.94. The van der Waals surface area contributed by atoms with Crippen molar-refractivity contribution < 1.29 is 4.79 Å². The summed E-state index contributed by atoms with van der Waals surface area (Å²) in [7, 11) is 0. The number of nitrogens with zero attached hydrogens (tertiary/aromatic N) is 1. The molecule has 0 spiro atoms. The molecular weight excluding hydrogens is 386 g/mol. The first kappa shape index (κ1) is 19.1. The second-order valence-electron chi connectivity index (χ2n) is 4.62. The maximum absolute atomic E-state index is 11.8. The molecule has 0 unspecified atom stereocenters. The second-order valence-corrected chi connectivity index (χ2v) is 6.40. The number of halogens is 2. The molecule has 22 heavy (non-hydrogen) atoms.